The van der Waals surface area contributed by atoms with Crippen LogP contribution in [0.2, 0.25) is 0 Å². The van der Waals surface area contributed by atoms with Gasteiger partial charge in [0.15, 0.2) is 0 Å². The number of rotatable bonds is 2. The number of hydrogen-bond acceptors (Lipinski definition) is 3. The lowest BCUT2D eigenvalue weighted by Crippen LogP contribution is -2.38. The highest BCUT2D eigenvalue weighted by atomic mass is 35.5. The van der Waals surface area contributed by atoms with Crippen molar-refractivity contribution in [2.75, 3.05) is 19.6 Å². The van der Waals surface area contributed by atoms with Crippen LogP contribution in [-0.4, -0.2) is 46.3 Å². The number of fused-ring (bicyclic) bond motifs is 2. The Kier molecular flexibility index (Phi) is 4.22. The second-order valence-corrected chi connectivity index (χ2v) is 6.47. The summed E-state index contributed by atoms with van der Waals surface area (Å²) in [5, 5.41) is 7.94. The van der Waals surface area contributed by atoms with Crippen LogP contribution in [0.5, 0.6) is 0 Å². The first-order valence-corrected chi connectivity index (χ1v) is 7.88. The fourth-order valence-corrected chi connectivity index (χ4v) is 4.04. The highest BCUT2D eigenvalue weighted by Gasteiger charge is 2.41. The molecule has 1 aromatic heterocycles. The topological polar surface area (TPSA) is 50.2 Å². The second-order valence-electron chi connectivity index (χ2n) is 6.47. The lowest BCUT2D eigenvalue weighted by molar-refractivity contribution is 0.0696. The number of carbonyl (C=O) groups excluding carboxylic acids is 1. The number of halogens is 1. The molecule has 1 amide bonds. The van der Waals surface area contributed by atoms with E-state index in [2.05, 4.69) is 15.3 Å². The van der Waals surface area contributed by atoms with Gasteiger partial charge in [-0.1, -0.05) is 0 Å². The average molecular weight is 311 g/mol. The third-order valence-electron chi connectivity index (χ3n) is 5.14. The Morgan fingerprint density at radius 3 is 2.86 bits per heavy atom. The molecule has 2 saturated heterocycles. The van der Waals surface area contributed by atoms with E-state index in [1.807, 2.05) is 16.9 Å². The standard InChI is InChI=1S/C15H22N4O.ClH/c20-15(18-10-11-3-4-12(18)8-11)14-5-7-19(17-14)13-2-1-6-16-9-13;/h5,7,11-13,16H,1-4,6,8-10H2;1H. The molecule has 3 fully saturated rings. The molecule has 4 rings (SSSR count). The van der Waals surface area contributed by atoms with E-state index in [1.54, 1.807) is 0 Å². The minimum absolute atomic E-state index is 0. The number of hydrogen-bond donors (Lipinski definition) is 1. The molecule has 21 heavy (non-hydrogen) atoms. The molecular weight excluding hydrogens is 288 g/mol. The Morgan fingerprint density at radius 1 is 1.29 bits per heavy atom. The van der Waals surface area contributed by atoms with E-state index >= 15 is 0 Å². The molecule has 3 unspecified atom stereocenters. The second kappa shape index (κ2) is 5.97. The zero-order chi connectivity index (χ0) is 13.5. The van der Waals surface area contributed by atoms with Crippen LogP contribution in [0.25, 0.3) is 0 Å². The zero-order valence-corrected chi connectivity index (χ0v) is 13.0. The summed E-state index contributed by atoms with van der Waals surface area (Å²) >= 11 is 0. The summed E-state index contributed by atoms with van der Waals surface area (Å²) in [6.07, 6.45) is 8.00. The zero-order valence-electron chi connectivity index (χ0n) is 12.2. The molecule has 1 aromatic rings. The lowest BCUT2D eigenvalue weighted by atomic mass is 10.1. The summed E-state index contributed by atoms with van der Waals surface area (Å²) in [5.74, 6) is 0.883. The molecule has 2 aliphatic heterocycles. The summed E-state index contributed by atoms with van der Waals surface area (Å²) in [6, 6.07) is 2.78. The van der Waals surface area contributed by atoms with Crippen molar-refractivity contribution in [2.45, 2.75) is 44.2 Å². The maximum absolute atomic E-state index is 12.6. The lowest BCUT2D eigenvalue weighted by Gasteiger charge is -2.26. The predicted molar refractivity (Wildman–Crippen MR) is 82.8 cm³/mol. The van der Waals surface area contributed by atoms with E-state index in [9.17, 15) is 4.79 Å². The van der Waals surface area contributed by atoms with E-state index in [-0.39, 0.29) is 18.3 Å². The molecule has 5 nitrogen and oxygen atoms in total. The van der Waals surface area contributed by atoms with Crippen LogP contribution >= 0.6 is 12.4 Å². The predicted octanol–water partition coefficient (Wildman–Crippen LogP) is 1.85. The first-order chi connectivity index (χ1) is 9.81. The largest absolute Gasteiger partial charge is 0.334 e. The van der Waals surface area contributed by atoms with Crippen molar-refractivity contribution in [2.24, 2.45) is 5.92 Å². The molecule has 3 heterocycles. The summed E-state index contributed by atoms with van der Waals surface area (Å²) < 4.78 is 1.98. The van der Waals surface area contributed by atoms with Gasteiger partial charge in [-0.25, -0.2) is 0 Å². The van der Waals surface area contributed by atoms with Gasteiger partial charge < -0.3 is 10.2 Å². The Balaban J connectivity index is 0.00000132. The molecule has 116 valence electrons. The van der Waals surface area contributed by atoms with Crippen LogP contribution in [0.3, 0.4) is 0 Å². The van der Waals surface area contributed by atoms with Crippen molar-refractivity contribution in [3.63, 3.8) is 0 Å². The number of likely N-dealkylation sites (tertiary alicyclic amines) is 1. The smallest absolute Gasteiger partial charge is 0.274 e. The third-order valence-corrected chi connectivity index (χ3v) is 5.14. The maximum atomic E-state index is 12.6. The van der Waals surface area contributed by atoms with Crippen molar-refractivity contribution >= 4 is 18.3 Å². The fraction of sp³-hybridized carbons (Fsp3) is 0.733. The molecule has 3 atom stereocenters. The van der Waals surface area contributed by atoms with Crippen molar-refractivity contribution in [1.29, 1.82) is 0 Å². The minimum Gasteiger partial charge on any atom is -0.334 e. The minimum atomic E-state index is 0. The molecule has 3 aliphatic rings. The molecular formula is C15H23ClN4O. The van der Waals surface area contributed by atoms with Gasteiger partial charge in [-0.15, -0.1) is 12.4 Å². The summed E-state index contributed by atoms with van der Waals surface area (Å²) in [7, 11) is 0. The number of carbonyl (C=O) groups is 1. The van der Waals surface area contributed by atoms with Crippen LogP contribution in [0.1, 0.15) is 48.6 Å². The first-order valence-electron chi connectivity index (χ1n) is 7.88. The highest BCUT2D eigenvalue weighted by Crippen LogP contribution is 2.37. The van der Waals surface area contributed by atoms with Gasteiger partial charge in [-0.2, -0.15) is 5.10 Å². The SMILES string of the molecule is Cl.O=C(c1ccn(C2CCCNC2)n1)N1CC2CCC1C2. The Morgan fingerprint density at radius 2 is 2.19 bits per heavy atom. The van der Waals surface area contributed by atoms with Crippen molar-refractivity contribution < 1.29 is 4.79 Å². The molecule has 2 bridgehead atoms. The molecule has 0 radical (unpaired) electrons. The van der Waals surface area contributed by atoms with Gasteiger partial charge in [0, 0.05) is 25.3 Å². The Hall–Kier alpha value is -1.07. The third kappa shape index (κ3) is 2.69. The van der Waals surface area contributed by atoms with E-state index in [4.69, 9.17) is 0 Å². The molecule has 1 aliphatic carbocycles. The molecule has 1 N–H and O–H groups in total. The number of amides is 1. The molecule has 0 spiro atoms. The molecule has 1 saturated carbocycles. The van der Waals surface area contributed by atoms with Crippen molar-refractivity contribution in [3.05, 3.63) is 18.0 Å². The van der Waals surface area contributed by atoms with Gasteiger partial charge in [-0.3, -0.25) is 9.48 Å². The average Bonchev–Trinajstić information content (AvgIpc) is 3.23. The quantitative estimate of drug-likeness (QED) is 0.907. The molecule has 6 heteroatoms. The van der Waals surface area contributed by atoms with Crippen LogP contribution in [-0.2, 0) is 0 Å². The van der Waals surface area contributed by atoms with E-state index in [0.29, 0.717) is 17.8 Å². The Labute approximate surface area is 131 Å². The number of nitrogens with one attached hydrogen (secondary N) is 1. The normalized spacial score (nSPS) is 31.2. The number of nitrogens with zero attached hydrogens (tertiary/aromatic N) is 3. The number of aromatic nitrogens is 2. The summed E-state index contributed by atoms with van der Waals surface area (Å²) in [5.41, 5.74) is 0.628. The fourth-order valence-electron chi connectivity index (χ4n) is 4.04. The van der Waals surface area contributed by atoms with Gasteiger partial charge >= 0.3 is 0 Å². The van der Waals surface area contributed by atoms with Crippen LogP contribution < -0.4 is 5.32 Å². The van der Waals surface area contributed by atoms with Gasteiger partial charge in [0.2, 0.25) is 0 Å². The number of piperidine rings is 2. The van der Waals surface area contributed by atoms with Gasteiger partial charge in [0.1, 0.15) is 5.69 Å². The van der Waals surface area contributed by atoms with Crippen LogP contribution in [0, 0.1) is 5.92 Å². The van der Waals surface area contributed by atoms with E-state index in [1.165, 1.54) is 25.7 Å². The highest BCUT2D eigenvalue weighted by molar-refractivity contribution is 5.92. The van der Waals surface area contributed by atoms with Crippen molar-refractivity contribution in [1.82, 2.24) is 20.0 Å². The first kappa shape index (κ1) is 14.9. The van der Waals surface area contributed by atoms with Gasteiger partial charge in [-0.05, 0) is 50.6 Å². The Bertz CT molecular complexity index is 512. The maximum Gasteiger partial charge on any atom is 0.274 e. The van der Waals surface area contributed by atoms with Crippen LogP contribution in [0.4, 0.5) is 0 Å². The van der Waals surface area contributed by atoms with Gasteiger partial charge in [0.05, 0.1) is 6.04 Å². The van der Waals surface area contributed by atoms with Gasteiger partial charge in [0.25, 0.3) is 5.91 Å². The van der Waals surface area contributed by atoms with E-state index in [0.717, 1.165) is 32.0 Å². The summed E-state index contributed by atoms with van der Waals surface area (Å²) in [4.78, 5) is 14.6. The van der Waals surface area contributed by atoms with Crippen LogP contribution in [0.15, 0.2) is 12.3 Å². The van der Waals surface area contributed by atoms with E-state index < -0.39 is 0 Å². The molecule has 0 aromatic carbocycles. The van der Waals surface area contributed by atoms with Crippen molar-refractivity contribution in [3.8, 4) is 0 Å². The monoisotopic (exact) mass is 310 g/mol. The summed E-state index contributed by atoms with van der Waals surface area (Å²) in [6.45, 7) is 3.01.